The summed E-state index contributed by atoms with van der Waals surface area (Å²) < 4.78 is 0. The van der Waals surface area contributed by atoms with Crippen molar-refractivity contribution in [3.05, 3.63) is 57.6 Å². The number of hydrogen-bond acceptors (Lipinski definition) is 5. The first-order valence-electron chi connectivity index (χ1n) is 15.9. The SMILES string of the molecule is CC(C)(C)c1cc(C(C)(CCSCCC(C)(C(=O)O)c2cc(C(C)(C)C)c(O)c(C(C)(C)C)c2)C(=O)O)cc(C(C)(C)C)c1O. The molecule has 0 aliphatic rings. The Morgan fingerprint density at radius 2 is 0.733 bits per heavy atom. The number of aliphatic carboxylic acids is 2. The molecule has 6 nitrogen and oxygen atoms in total. The summed E-state index contributed by atoms with van der Waals surface area (Å²) in [4.78, 5) is 25.6. The van der Waals surface area contributed by atoms with Gasteiger partial charge in [-0.2, -0.15) is 11.8 Å². The molecule has 2 rings (SSSR count). The van der Waals surface area contributed by atoms with Crippen molar-refractivity contribution in [1.82, 2.24) is 0 Å². The first kappa shape index (κ1) is 38.5. The van der Waals surface area contributed by atoms with Gasteiger partial charge in [-0.1, -0.05) is 107 Å². The number of carboxylic acids is 2. The van der Waals surface area contributed by atoms with E-state index in [9.17, 15) is 30.0 Å². The molecule has 0 bridgehead atoms. The summed E-state index contributed by atoms with van der Waals surface area (Å²) in [5, 5.41) is 43.3. The average Bonchev–Trinajstić information content (AvgIpc) is 2.85. The Morgan fingerprint density at radius 1 is 0.511 bits per heavy atom. The summed E-state index contributed by atoms with van der Waals surface area (Å²) in [6.07, 6.45) is 0.687. The van der Waals surface area contributed by atoms with E-state index < -0.39 is 22.8 Å². The van der Waals surface area contributed by atoms with Crippen molar-refractivity contribution in [2.45, 2.75) is 142 Å². The van der Waals surface area contributed by atoms with E-state index in [1.54, 1.807) is 25.6 Å². The van der Waals surface area contributed by atoms with E-state index in [4.69, 9.17) is 0 Å². The number of hydrogen-bond donors (Lipinski definition) is 4. The van der Waals surface area contributed by atoms with Crippen LogP contribution in [0.1, 0.15) is 143 Å². The second-order valence-corrected chi connectivity index (χ2v) is 18.5. The molecule has 0 heterocycles. The average molecular weight is 643 g/mol. The maximum atomic E-state index is 12.8. The van der Waals surface area contributed by atoms with Crippen molar-refractivity contribution < 1.29 is 30.0 Å². The normalized spacial score (nSPS) is 15.8. The van der Waals surface area contributed by atoms with Crippen LogP contribution in [0.25, 0.3) is 0 Å². The molecule has 0 aromatic heterocycles. The van der Waals surface area contributed by atoms with Gasteiger partial charge < -0.3 is 20.4 Å². The number of thioether (sulfide) groups is 1. The van der Waals surface area contributed by atoms with Crippen LogP contribution >= 0.6 is 11.8 Å². The van der Waals surface area contributed by atoms with Crippen molar-refractivity contribution in [3.8, 4) is 11.5 Å². The minimum absolute atomic E-state index is 0.215. The lowest BCUT2D eigenvalue weighted by Crippen LogP contribution is -2.35. The zero-order chi connectivity index (χ0) is 35.1. The van der Waals surface area contributed by atoms with Crippen LogP contribution in [-0.2, 0) is 42.1 Å². The first-order chi connectivity index (χ1) is 20.1. The maximum absolute atomic E-state index is 12.8. The molecule has 0 radical (unpaired) electrons. The standard InChI is InChI=1S/C38H58O6S/c1-33(2,3)25-19-23(20-26(29(25)39)34(4,5)6)37(13,31(41)42)15-17-45-18-16-38(14,32(43)44)24-21-27(35(7,8)9)30(40)28(22-24)36(10,11)12/h19-22,39-40H,15-18H2,1-14H3,(H,41,42)(H,43,44). The maximum Gasteiger partial charge on any atom is 0.313 e. The van der Waals surface area contributed by atoms with Crippen LogP contribution in [0.15, 0.2) is 24.3 Å². The van der Waals surface area contributed by atoms with Crippen LogP contribution in [0.2, 0.25) is 0 Å². The van der Waals surface area contributed by atoms with E-state index in [1.165, 1.54) is 0 Å². The molecule has 4 N–H and O–H groups in total. The molecule has 0 fully saturated rings. The van der Waals surface area contributed by atoms with Gasteiger partial charge in [0.1, 0.15) is 11.5 Å². The second-order valence-electron chi connectivity index (χ2n) is 17.2. The van der Waals surface area contributed by atoms with Gasteiger partial charge in [0.05, 0.1) is 10.8 Å². The highest BCUT2D eigenvalue weighted by Crippen LogP contribution is 2.45. The predicted octanol–water partition coefficient (Wildman–Crippen LogP) is 9.19. The first-order valence-corrected chi connectivity index (χ1v) is 17.1. The van der Waals surface area contributed by atoms with Crippen molar-refractivity contribution in [1.29, 1.82) is 0 Å². The summed E-state index contributed by atoms with van der Waals surface area (Å²) in [6, 6.07) is 7.37. The Hall–Kier alpha value is -2.67. The van der Waals surface area contributed by atoms with Crippen LogP contribution in [0.3, 0.4) is 0 Å². The van der Waals surface area contributed by atoms with Crippen molar-refractivity contribution >= 4 is 23.7 Å². The molecule has 0 aliphatic heterocycles. The van der Waals surface area contributed by atoms with E-state index in [1.807, 2.05) is 107 Å². The van der Waals surface area contributed by atoms with Gasteiger partial charge in [-0.05, 0) is 93.2 Å². The lowest BCUT2D eigenvalue weighted by atomic mass is 9.72. The third-order valence-corrected chi connectivity index (χ3v) is 10.1. The van der Waals surface area contributed by atoms with Gasteiger partial charge in [-0.25, -0.2) is 0 Å². The van der Waals surface area contributed by atoms with E-state index in [2.05, 4.69) is 0 Å². The molecule has 252 valence electrons. The fraction of sp³-hybridized carbons (Fsp3) is 0.632. The predicted molar refractivity (Wildman–Crippen MR) is 188 cm³/mol. The molecule has 7 heteroatoms. The van der Waals surface area contributed by atoms with E-state index in [0.29, 0.717) is 35.5 Å². The van der Waals surface area contributed by atoms with Crippen LogP contribution in [0.5, 0.6) is 11.5 Å². The number of rotatable bonds is 10. The van der Waals surface area contributed by atoms with Crippen LogP contribution in [0.4, 0.5) is 0 Å². The van der Waals surface area contributed by atoms with Gasteiger partial charge in [-0.3, -0.25) is 9.59 Å². The molecule has 0 saturated heterocycles. The van der Waals surface area contributed by atoms with Crippen LogP contribution in [0, 0.1) is 0 Å². The van der Waals surface area contributed by atoms with Gasteiger partial charge in [0.15, 0.2) is 0 Å². The molecule has 2 atom stereocenters. The number of phenolic OH excluding ortho intramolecular Hbond substituents is 2. The van der Waals surface area contributed by atoms with E-state index >= 15 is 0 Å². The van der Waals surface area contributed by atoms with Crippen LogP contribution in [-0.4, -0.2) is 43.9 Å². The highest BCUT2D eigenvalue weighted by atomic mass is 32.2. The van der Waals surface area contributed by atoms with Crippen molar-refractivity contribution in [2.24, 2.45) is 0 Å². The molecule has 2 aromatic carbocycles. The Kier molecular flexibility index (Phi) is 11.0. The Bertz CT molecular complexity index is 1240. The fourth-order valence-electron chi connectivity index (χ4n) is 5.60. The second kappa shape index (κ2) is 12.8. The number of carboxylic acid groups (broad SMARTS) is 2. The lowest BCUT2D eigenvalue weighted by Gasteiger charge is -2.33. The molecule has 2 unspecified atom stereocenters. The summed E-state index contributed by atoms with van der Waals surface area (Å²) in [6.45, 7) is 27.6. The highest BCUT2D eigenvalue weighted by Gasteiger charge is 2.40. The fourth-order valence-corrected chi connectivity index (χ4v) is 6.91. The zero-order valence-corrected chi connectivity index (χ0v) is 31.0. The minimum atomic E-state index is -1.20. The minimum Gasteiger partial charge on any atom is -0.507 e. The monoisotopic (exact) mass is 642 g/mol. The molecular weight excluding hydrogens is 584 g/mol. The quantitative estimate of drug-likeness (QED) is 0.191. The number of aromatic hydroxyl groups is 2. The number of phenols is 2. The number of benzene rings is 2. The summed E-state index contributed by atoms with van der Waals surface area (Å²) in [7, 11) is 0. The summed E-state index contributed by atoms with van der Waals surface area (Å²) >= 11 is 1.55. The van der Waals surface area contributed by atoms with Gasteiger partial charge in [0, 0.05) is 0 Å². The summed E-state index contributed by atoms with van der Waals surface area (Å²) in [5.41, 5.74) is 0.273. The third-order valence-electron chi connectivity index (χ3n) is 9.16. The molecular formula is C38H58O6S. The largest absolute Gasteiger partial charge is 0.507 e. The lowest BCUT2D eigenvalue weighted by molar-refractivity contribution is -0.144. The molecule has 45 heavy (non-hydrogen) atoms. The van der Waals surface area contributed by atoms with Gasteiger partial charge in [-0.15, -0.1) is 0 Å². The van der Waals surface area contributed by atoms with Crippen molar-refractivity contribution in [2.75, 3.05) is 11.5 Å². The highest BCUT2D eigenvalue weighted by molar-refractivity contribution is 7.99. The van der Waals surface area contributed by atoms with Gasteiger partial charge in [0.2, 0.25) is 0 Å². The molecule has 0 aliphatic carbocycles. The zero-order valence-electron chi connectivity index (χ0n) is 30.2. The summed E-state index contributed by atoms with van der Waals surface area (Å²) in [5.74, 6) is -0.398. The smallest absolute Gasteiger partial charge is 0.313 e. The van der Waals surface area contributed by atoms with E-state index in [0.717, 1.165) is 22.3 Å². The van der Waals surface area contributed by atoms with Gasteiger partial charge in [0.25, 0.3) is 0 Å². The molecule has 2 aromatic rings. The Morgan fingerprint density at radius 3 is 0.911 bits per heavy atom. The Labute approximate surface area is 276 Å². The Balaban J connectivity index is 2.41. The number of carbonyl (C=O) groups is 2. The van der Waals surface area contributed by atoms with Crippen molar-refractivity contribution in [3.63, 3.8) is 0 Å². The molecule has 0 saturated carbocycles. The topological polar surface area (TPSA) is 115 Å². The van der Waals surface area contributed by atoms with Gasteiger partial charge >= 0.3 is 11.9 Å². The molecule has 0 amide bonds. The van der Waals surface area contributed by atoms with Crippen LogP contribution < -0.4 is 0 Å². The molecule has 0 spiro atoms. The van der Waals surface area contributed by atoms with E-state index in [-0.39, 0.29) is 33.2 Å². The third kappa shape index (κ3) is 8.38.